The third-order valence-electron chi connectivity index (χ3n) is 2.91. The maximum Gasteiger partial charge on any atom is 0.106 e. The van der Waals surface area contributed by atoms with Gasteiger partial charge < -0.3 is 10.6 Å². The number of rotatable bonds is 2. The monoisotopic (exact) mass is 167 g/mol. The molecule has 1 heterocycles. The first-order valence-corrected chi connectivity index (χ1v) is 4.54. The van der Waals surface area contributed by atoms with E-state index in [1.54, 1.807) is 0 Å². The first kappa shape index (κ1) is 9.50. The molecule has 0 aliphatic carbocycles. The summed E-state index contributed by atoms with van der Waals surface area (Å²) in [6.07, 6.45) is 2.20. The molecule has 0 amide bonds. The van der Waals surface area contributed by atoms with Crippen LogP contribution in [0.25, 0.3) is 0 Å². The maximum absolute atomic E-state index is 9.00. The highest BCUT2D eigenvalue weighted by Gasteiger charge is 2.33. The quantitative estimate of drug-likeness (QED) is 0.629. The van der Waals surface area contributed by atoms with Gasteiger partial charge in [-0.2, -0.15) is 5.26 Å². The van der Waals surface area contributed by atoms with E-state index in [-0.39, 0.29) is 5.54 Å². The summed E-state index contributed by atoms with van der Waals surface area (Å²) >= 11 is 0. The average Bonchev–Trinajstić information content (AvgIpc) is 2.18. The van der Waals surface area contributed by atoms with Gasteiger partial charge in [-0.3, -0.25) is 0 Å². The van der Waals surface area contributed by atoms with Crippen LogP contribution in [0.2, 0.25) is 0 Å². The van der Waals surface area contributed by atoms with Crippen LogP contribution in [0.3, 0.4) is 0 Å². The van der Waals surface area contributed by atoms with E-state index in [0.717, 1.165) is 25.9 Å². The molecule has 3 nitrogen and oxygen atoms in total. The minimum atomic E-state index is -0.331. The number of hydrogen-bond donors (Lipinski definition) is 2. The summed E-state index contributed by atoms with van der Waals surface area (Å²) in [5.41, 5.74) is -0.331. The molecule has 12 heavy (non-hydrogen) atoms. The lowest BCUT2D eigenvalue weighted by atomic mass is 9.80. The van der Waals surface area contributed by atoms with Gasteiger partial charge in [0.15, 0.2) is 0 Å². The van der Waals surface area contributed by atoms with Gasteiger partial charge in [-0.15, -0.1) is 0 Å². The number of hydrogen-bond acceptors (Lipinski definition) is 3. The zero-order valence-electron chi connectivity index (χ0n) is 7.85. The molecular formula is C9H17N3. The Bertz CT molecular complexity index is 179. The summed E-state index contributed by atoms with van der Waals surface area (Å²) in [5, 5.41) is 15.4. The van der Waals surface area contributed by atoms with Crippen molar-refractivity contribution >= 4 is 0 Å². The smallest absolute Gasteiger partial charge is 0.106 e. The number of nitrogens with one attached hydrogen (secondary N) is 2. The molecule has 0 bridgehead atoms. The Morgan fingerprint density at radius 2 is 2.08 bits per heavy atom. The van der Waals surface area contributed by atoms with Crippen molar-refractivity contribution in [3.8, 4) is 6.07 Å². The van der Waals surface area contributed by atoms with Crippen molar-refractivity contribution in [1.82, 2.24) is 10.6 Å². The SMILES string of the molecule is CNC(C)(C#N)C1CCNCC1. The predicted octanol–water partition coefficient (Wildman–Crippen LogP) is 0.488. The Kier molecular flexibility index (Phi) is 3.07. The molecule has 0 saturated carbocycles. The fourth-order valence-corrected chi connectivity index (χ4v) is 1.75. The van der Waals surface area contributed by atoms with Crippen LogP contribution in [0.5, 0.6) is 0 Å². The van der Waals surface area contributed by atoms with Gasteiger partial charge in [0, 0.05) is 0 Å². The topological polar surface area (TPSA) is 47.9 Å². The fraction of sp³-hybridized carbons (Fsp3) is 0.889. The molecule has 3 heteroatoms. The van der Waals surface area contributed by atoms with Gasteiger partial charge in [0.2, 0.25) is 0 Å². The van der Waals surface area contributed by atoms with E-state index < -0.39 is 0 Å². The minimum absolute atomic E-state index is 0.331. The molecule has 68 valence electrons. The lowest BCUT2D eigenvalue weighted by molar-refractivity contribution is 0.249. The van der Waals surface area contributed by atoms with Crippen LogP contribution < -0.4 is 10.6 Å². The van der Waals surface area contributed by atoms with Crippen molar-refractivity contribution in [2.24, 2.45) is 5.92 Å². The Hall–Kier alpha value is -0.590. The Morgan fingerprint density at radius 1 is 1.50 bits per heavy atom. The second-order valence-corrected chi connectivity index (χ2v) is 3.59. The molecule has 1 aliphatic heterocycles. The molecule has 1 saturated heterocycles. The van der Waals surface area contributed by atoms with E-state index in [4.69, 9.17) is 5.26 Å². The summed E-state index contributed by atoms with van der Waals surface area (Å²) in [6, 6.07) is 2.36. The molecule has 0 aromatic carbocycles. The van der Waals surface area contributed by atoms with Gasteiger partial charge in [-0.05, 0) is 45.8 Å². The zero-order valence-corrected chi connectivity index (χ0v) is 7.85. The molecule has 1 unspecified atom stereocenters. The van der Waals surface area contributed by atoms with Crippen LogP contribution in [0, 0.1) is 17.2 Å². The largest absolute Gasteiger partial charge is 0.317 e. The first-order valence-electron chi connectivity index (χ1n) is 4.54. The van der Waals surface area contributed by atoms with Crippen LogP contribution in [0.15, 0.2) is 0 Å². The highest BCUT2D eigenvalue weighted by molar-refractivity contribution is 5.07. The van der Waals surface area contributed by atoms with Gasteiger partial charge in [-0.1, -0.05) is 0 Å². The molecule has 1 atom stereocenters. The second kappa shape index (κ2) is 3.88. The van der Waals surface area contributed by atoms with Gasteiger partial charge >= 0.3 is 0 Å². The molecule has 0 aromatic heterocycles. The summed E-state index contributed by atoms with van der Waals surface area (Å²) in [4.78, 5) is 0. The minimum Gasteiger partial charge on any atom is -0.317 e. The van der Waals surface area contributed by atoms with E-state index in [1.807, 2.05) is 14.0 Å². The molecule has 1 fully saturated rings. The normalized spacial score (nSPS) is 24.4. The Labute approximate surface area is 74.1 Å². The maximum atomic E-state index is 9.00. The zero-order chi connectivity index (χ0) is 9.03. The third kappa shape index (κ3) is 1.77. The van der Waals surface area contributed by atoms with E-state index in [2.05, 4.69) is 16.7 Å². The van der Waals surface area contributed by atoms with Crippen molar-refractivity contribution in [2.45, 2.75) is 25.3 Å². The summed E-state index contributed by atoms with van der Waals surface area (Å²) in [7, 11) is 1.87. The van der Waals surface area contributed by atoms with E-state index in [1.165, 1.54) is 0 Å². The molecule has 0 spiro atoms. The van der Waals surface area contributed by atoms with Gasteiger partial charge in [-0.25, -0.2) is 0 Å². The van der Waals surface area contributed by atoms with Crippen molar-refractivity contribution in [3.05, 3.63) is 0 Å². The van der Waals surface area contributed by atoms with Crippen LogP contribution >= 0.6 is 0 Å². The molecule has 0 aromatic rings. The molecule has 0 radical (unpaired) electrons. The lowest BCUT2D eigenvalue weighted by Crippen LogP contribution is -2.49. The number of nitrogens with zero attached hydrogens (tertiary/aromatic N) is 1. The van der Waals surface area contributed by atoms with Crippen LogP contribution in [-0.2, 0) is 0 Å². The summed E-state index contributed by atoms with van der Waals surface area (Å²) in [6.45, 7) is 4.08. The van der Waals surface area contributed by atoms with E-state index in [0.29, 0.717) is 5.92 Å². The second-order valence-electron chi connectivity index (χ2n) is 3.59. The van der Waals surface area contributed by atoms with Crippen molar-refractivity contribution in [2.75, 3.05) is 20.1 Å². The number of piperidine rings is 1. The van der Waals surface area contributed by atoms with Gasteiger partial charge in [0.1, 0.15) is 5.54 Å². The average molecular weight is 167 g/mol. The van der Waals surface area contributed by atoms with Crippen molar-refractivity contribution in [1.29, 1.82) is 5.26 Å². The van der Waals surface area contributed by atoms with Crippen molar-refractivity contribution in [3.63, 3.8) is 0 Å². The Morgan fingerprint density at radius 3 is 2.50 bits per heavy atom. The molecule has 1 rings (SSSR count). The van der Waals surface area contributed by atoms with Gasteiger partial charge in [0.25, 0.3) is 0 Å². The van der Waals surface area contributed by atoms with Gasteiger partial charge in [0.05, 0.1) is 6.07 Å². The highest BCUT2D eigenvalue weighted by Crippen LogP contribution is 2.24. The third-order valence-corrected chi connectivity index (χ3v) is 2.91. The van der Waals surface area contributed by atoms with Crippen LogP contribution in [-0.4, -0.2) is 25.7 Å². The first-order chi connectivity index (χ1) is 5.73. The molecule has 2 N–H and O–H groups in total. The predicted molar refractivity (Wildman–Crippen MR) is 48.7 cm³/mol. The van der Waals surface area contributed by atoms with Crippen molar-refractivity contribution < 1.29 is 0 Å². The van der Waals surface area contributed by atoms with E-state index in [9.17, 15) is 0 Å². The summed E-state index contributed by atoms with van der Waals surface area (Å²) in [5.74, 6) is 0.494. The number of nitriles is 1. The fourth-order valence-electron chi connectivity index (χ4n) is 1.75. The lowest BCUT2D eigenvalue weighted by Gasteiger charge is -2.34. The molecular weight excluding hydrogens is 150 g/mol. The molecule has 1 aliphatic rings. The summed E-state index contributed by atoms with van der Waals surface area (Å²) < 4.78 is 0. The van der Waals surface area contributed by atoms with Crippen LogP contribution in [0.4, 0.5) is 0 Å². The Balaban J connectivity index is 2.59. The highest BCUT2D eigenvalue weighted by atomic mass is 15.0. The van der Waals surface area contributed by atoms with E-state index >= 15 is 0 Å². The standard InChI is InChI=1S/C9H17N3/c1-9(7-10,11-2)8-3-5-12-6-4-8/h8,11-12H,3-6H2,1-2H3. The van der Waals surface area contributed by atoms with Crippen LogP contribution in [0.1, 0.15) is 19.8 Å².